The number of rotatable bonds is 5. The van der Waals surface area contributed by atoms with Crippen LogP contribution in [-0.4, -0.2) is 44.9 Å². The lowest BCUT2D eigenvalue weighted by Crippen LogP contribution is -2.36. The number of hydrogen-bond acceptors (Lipinski definition) is 5. The molecule has 1 aliphatic heterocycles. The summed E-state index contributed by atoms with van der Waals surface area (Å²) >= 11 is 1.81. The summed E-state index contributed by atoms with van der Waals surface area (Å²) in [4.78, 5) is 16.2. The molecule has 0 aromatic carbocycles. The van der Waals surface area contributed by atoms with Crippen LogP contribution in [0.5, 0.6) is 0 Å². The number of thiophene rings is 1. The van der Waals surface area contributed by atoms with Crippen molar-refractivity contribution in [2.24, 2.45) is 0 Å². The largest absolute Gasteiger partial charge is 0.348 e. The first-order valence-electron chi connectivity index (χ1n) is 9.25. The fourth-order valence-electron chi connectivity index (χ4n) is 3.90. The average molecular weight is 359 g/mol. The molecule has 2 aromatic rings. The van der Waals surface area contributed by atoms with Gasteiger partial charge in [0.25, 0.3) is 5.91 Å². The van der Waals surface area contributed by atoms with E-state index < -0.39 is 0 Å². The van der Waals surface area contributed by atoms with Crippen LogP contribution < -0.4 is 5.32 Å². The van der Waals surface area contributed by atoms with E-state index in [2.05, 4.69) is 38.0 Å². The topological polar surface area (TPSA) is 63.1 Å². The van der Waals surface area contributed by atoms with Gasteiger partial charge < -0.3 is 5.32 Å². The third kappa shape index (κ3) is 4.10. The normalized spacial score (nSPS) is 22.3. The second-order valence-electron chi connectivity index (χ2n) is 7.15. The minimum absolute atomic E-state index is 0.0793. The van der Waals surface area contributed by atoms with E-state index in [1.165, 1.54) is 17.7 Å². The molecule has 2 aliphatic rings. The Kier molecular flexibility index (Phi) is 5.12. The Bertz CT molecular complexity index is 692. The summed E-state index contributed by atoms with van der Waals surface area (Å²) in [5.74, 6) is -0.0793. The van der Waals surface area contributed by atoms with E-state index in [4.69, 9.17) is 0 Å². The monoisotopic (exact) mass is 359 g/mol. The number of nitrogens with one attached hydrogen (secondary N) is 1. The summed E-state index contributed by atoms with van der Waals surface area (Å²) in [6.45, 7) is 3.08. The molecule has 134 valence electrons. The van der Waals surface area contributed by atoms with Crippen LogP contribution in [0.4, 0.5) is 0 Å². The maximum absolute atomic E-state index is 12.3. The van der Waals surface area contributed by atoms with Crippen molar-refractivity contribution < 1.29 is 4.79 Å². The number of carbonyl (C=O) groups is 1. The van der Waals surface area contributed by atoms with E-state index in [1.807, 2.05) is 22.2 Å². The van der Waals surface area contributed by atoms with Crippen molar-refractivity contribution in [1.82, 2.24) is 25.2 Å². The number of aromatic nitrogens is 3. The van der Waals surface area contributed by atoms with Crippen LogP contribution in [0.3, 0.4) is 0 Å². The zero-order valence-corrected chi connectivity index (χ0v) is 15.2. The lowest BCUT2D eigenvalue weighted by atomic mass is 10.1. The molecule has 0 radical (unpaired) electrons. The first-order valence-corrected chi connectivity index (χ1v) is 10.1. The third-order valence-corrected chi connectivity index (χ3v) is 6.11. The van der Waals surface area contributed by atoms with Gasteiger partial charge in [0.2, 0.25) is 0 Å². The average Bonchev–Trinajstić information content (AvgIpc) is 3.38. The van der Waals surface area contributed by atoms with E-state index in [0.29, 0.717) is 17.8 Å². The summed E-state index contributed by atoms with van der Waals surface area (Å²) in [6.07, 6.45) is 8.65. The molecule has 6 nitrogen and oxygen atoms in total. The Morgan fingerprint density at radius 3 is 2.96 bits per heavy atom. The summed E-state index contributed by atoms with van der Waals surface area (Å²) in [5, 5.41) is 13.6. The maximum atomic E-state index is 12.3. The zero-order valence-electron chi connectivity index (χ0n) is 14.4. The molecule has 2 fully saturated rings. The molecule has 7 heteroatoms. The standard InChI is InChI=1S/C18H25N5OS/c24-18(19-14-5-1-2-6-14)17-13-23(21-20-17)15-7-3-9-22(11-15)12-16-8-4-10-25-16/h4,8,10,13-15H,1-3,5-7,9,11-12H2,(H,19,24)/t15-/m1/s1. The van der Waals surface area contributed by atoms with Crippen LogP contribution in [-0.2, 0) is 6.54 Å². The van der Waals surface area contributed by atoms with Crippen molar-refractivity contribution in [1.29, 1.82) is 0 Å². The van der Waals surface area contributed by atoms with Gasteiger partial charge in [-0.25, -0.2) is 4.68 Å². The van der Waals surface area contributed by atoms with Gasteiger partial charge >= 0.3 is 0 Å². The predicted molar refractivity (Wildman–Crippen MR) is 97.6 cm³/mol. The summed E-state index contributed by atoms with van der Waals surface area (Å²) in [7, 11) is 0. The molecule has 1 N–H and O–H groups in total. The van der Waals surface area contributed by atoms with Crippen molar-refractivity contribution in [2.45, 2.75) is 57.2 Å². The minimum atomic E-state index is -0.0793. The lowest BCUT2D eigenvalue weighted by Gasteiger charge is -2.32. The highest BCUT2D eigenvalue weighted by molar-refractivity contribution is 7.09. The SMILES string of the molecule is O=C(NC1CCCC1)c1cn([C@@H]2CCCN(Cc3cccs3)C2)nn1. The Morgan fingerprint density at radius 2 is 2.16 bits per heavy atom. The second-order valence-corrected chi connectivity index (χ2v) is 8.18. The molecular weight excluding hydrogens is 334 g/mol. The second kappa shape index (κ2) is 7.66. The highest BCUT2D eigenvalue weighted by atomic mass is 32.1. The van der Waals surface area contributed by atoms with Gasteiger partial charge in [-0.1, -0.05) is 24.1 Å². The number of amides is 1. The lowest BCUT2D eigenvalue weighted by molar-refractivity contribution is 0.0932. The molecule has 4 rings (SSSR count). The quantitative estimate of drug-likeness (QED) is 0.892. The molecule has 1 saturated carbocycles. The molecule has 1 saturated heterocycles. The molecule has 0 bridgehead atoms. The predicted octanol–water partition coefficient (Wildman–Crippen LogP) is 2.85. The first kappa shape index (κ1) is 16.7. The van der Waals surface area contributed by atoms with Gasteiger partial charge in [-0.05, 0) is 43.7 Å². The molecular formula is C18H25N5OS. The number of likely N-dealkylation sites (tertiary alicyclic amines) is 1. The molecule has 0 unspecified atom stereocenters. The Labute approximate surface area is 152 Å². The van der Waals surface area contributed by atoms with E-state index in [9.17, 15) is 4.79 Å². The molecule has 1 atom stereocenters. The van der Waals surface area contributed by atoms with Gasteiger partial charge in [0, 0.05) is 24.0 Å². The van der Waals surface area contributed by atoms with Gasteiger partial charge in [-0.15, -0.1) is 16.4 Å². The Hall–Kier alpha value is -1.73. The third-order valence-electron chi connectivity index (χ3n) is 5.25. The highest BCUT2D eigenvalue weighted by Crippen LogP contribution is 2.23. The maximum Gasteiger partial charge on any atom is 0.273 e. The van der Waals surface area contributed by atoms with Crippen molar-refractivity contribution >= 4 is 17.2 Å². The summed E-state index contributed by atoms with van der Waals surface area (Å²) < 4.78 is 1.89. The fraction of sp³-hybridized carbons (Fsp3) is 0.611. The Balaban J connectivity index is 1.36. The molecule has 3 heterocycles. The first-order chi connectivity index (χ1) is 12.3. The van der Waals surface area contributed by atoms with E-state index in [-0.39, 0.29) is 5.91 Å². The van der Waals surface area contributed by atoms with Crippen LogP contribution in [0.2, 0.25) is 0 Å². The van der Waals surface area contributed by atoms with Crippen molar-refractivity contribution in [3.05, 3.63) is 34.3 Å². The van der Waals surface area contributed by atoms with Gasteiger partial charge in [0.15, 0.2) is 5.69 Å². The van der Waals surface area contributed by atoms with Crippen LogP contribution in [0, 0.1) is 0 Å². The van der Waals surface area contributed by atoms with Crippen LogP contribution in [0.15, 0.2) is 23.7 Å². The van der Waals surface area contributed by atoms with Gasteiger partial charge in [-0.3, -0.25) is 9.69 Å². The van der Waals surface area contributed by atoms with Crippen molar-refractivity contribution in [2.75, 3.05) is 13.1 Å². The van der Waals surface area contributed by atoms with E-state index in [1.54, 1.807) is 0 Å². The Morgan fingerprint density at radius 1 is 1.28 bits per heavy atom. The van der Waals surface area contributed by atoms with Gasteiger partial charge in [0.1, 0.15) is 0 Å². The summed E-state index contributed by atoms with van der Waals surface area (Å²) in [6, 6.07) is 4.91. The number of hydrogen-bond donors (Lipinski definition) is 1. The fourth-order valence-corrected chi connectivity index (χ4v) is 4.65. The van der Waals surface area contributed by atoms with Crippen molar-refractivity contribution in [3.63, 3.8) is 0 Å². The van der Waals surface area contributed by atoms with Crippen molar-refractivity contribution in [3.8, 4) is 0 Å². The summed E-state index contributed by atoms with van der Waals surface area (Å²) in [5.41, 5.74) is 0.447. The van der Waals surface area contributed by atoms with Crippen LogP contribution in [0.25, 0.3) is 0 Å². The zero-order chi connectivity index (χ0) is 17.1. The van der Waals surface area contributed by atoms with Crippen LogP contribution >= 0.6 is 11.3 Å². The number of carbonyl (C=O) groups excluding carboxylic acids is 1. The van der Waals surface area contributed by atoms with Gasteiger partial charge in [-0.2, -0.15) is 0 Å². The number of nitrogens with zero attached hydrogens (tertiary/aromatic N) is 4. The molecule has 1 aliphatic carbocycles. The minimum Gasteiger partial charge on any atom is -0.348 e. The molecule has 25 heavy (non-hydrogen) atoms. The molecule has 2 aromatic heterocycles. The van der Waals surface area contributed by atoms with Gasteiger partial charge in [0.05, 0.1) is 12.2 Å². The highest BCUT2D eigenvalue weighted by Gasteiger charge is 2.24. The number of piperidine rings is 1. The molecule has 1 amide bonds. The van der Waals surface area contributed by atoms with E-state index in [0.717, 1.165) is 45.3 Å². The van der Waals surface area contributed by atoms with E-state index >= 15 is 0 Å². The smallest absolute Gasteiger partial charge is 0.273 e. The molecule has 0 spiro atoms. The van der Waals surface area contributed by atoms with Crippen LogP contribution in [0.1, 0.15) is 59.9 Å².